The topological polar surface area (TPSA) is 59.1 Å². The second kappa shape index (κ2) is 10.9. The first-order valence-corrected chi connectivity index (χ1v) is 10.4. The van der Waals surface area contributed by atoms with Gasteiger partial charge >= 0.3 is 5.97 Å². The van der Waals surface area contributed by atoms with Crippen LogP contribution in [0.1, 0.15) is 25.0 Å². The van der Waals surface area contributed by atoms with Gasteiger partial charge in [-0.25, -0.2) is 0 Å². The maximum absolute atomic E-state index is 12.8. The number of carbonyl (C=O) groups excluding carboxylic acids is 2. The smallest absolute Gasteiger partial charge is 0.303 e. The van der Waals surface area contributed by atoms with Gasteiger partial charge in [0.25, 0.3) is 5.91 Å². The molecule has 30 heavy (non-hydrogen) atoms. The van der Waals surface area contributed by atoms with Crippen molar-refractivity contribution in [2.24, 2.45) is 0 Å². The molecule has 160 valence electrons. The SMILES string of the molecule is CC(=O)OCC(=O)N1[C@@H](COCc2ccccc2)CN(Cc2ccccc2)C[C@@H]1C. The summed E-state index contributed by atoms with van der Waals surface area (Å²) in [5, 5.41) is 0. The maximum atomic E-state index is 12.8. The Hall–Kier alpha value is -2.70. The molecule has 0 bridgehead atoms. The van der Waals surface area contributed by atoms with Crippen LogP contribution in [0.4, 0.5) is 0 Å². The first kappa shape index (κ1) is 22.0. The van der Waals surface area contributed by atoms with Gasteiger partial charge in [-0.15, -0.1) is 0 Å². The molecule has 0 saturated carbocycles. The molecule has 0 spiro atoms. The molecule has 1 saturated heterocycles. The summed E-state index contributed by atoms with van der Waals surface area (Å²) in [4.78, 5) is 28.1. The van der Waals surface area contributed by atoms with Gasteiger partial charge in [0.15, 0.2) is 6.61 Å². The van der Waals surface area contributed by atoms with Crippen LogP contribution in [0.2, 0.25) is 0 Å². The van der Waals surface area contributed by atoms with Crippen molar-refractivity contribution in [3.63, 3.8) is 0 Å². The fourth-order valence-corrected chi connectivity index (χ4v) is 3.96. The largest absolute Gasteiger partial charge is 0.456 e. The van der Waals surface area contributed by atoms with Crippen molar-refractivity contribution in [1.29, 1.82) is 0 Å². The van der Waals surface area contributed by atoms with E-state index in [0.717, 1.165) is 18.7 Å². The number of benzene rings is 2. The molecule has 3 rings (SSSR count). The fraction of sp³-hybridized carbons (Fsp3) is 0.417. The van der Waals surface area contributed by atoms with Crippen LogP contribution in [0.15, 0.2) is 60.7 Å². The molecule has 2 atom stereocenters. The van der Waals surface area contributed by atoms with E-state index in [1.165, 1.54) is 12.5 Å². The Morgan fingerprint density at radius 1 is 0.967 bits per heavy atom. The zero-order valence-corrected chi connectivity index (χ0v) is 17.7. The van der Waals surface area contributed by atoms with Gasteiger partial charge in [-0.05, 0) is 18.1 Å². The predicted octanol–water partition coefficient (Wildman–Crippen LogP) is 2.87. The Bertz CT molecular complexity index is 812. The van der Waals surface area contributed by atoms with Gasteiger partial charge in [0.1, 0.15) is 0 Å². The van der Waals surface area contributed by atoms with Crippen LogP contribution < -0.4 is 0 Å². The third-order valence-electron chi connectivity index (χ3n) is 5.22. The Kier molecular flexibility index (Phi) is 7.99. The van der Waals surface area contributed by atoms with Crippen molar-refractivity contribution >= 4 is 11.9 Å². The number of rotatable bonds is 8. The lowest BCUT2D eigenvalue weighted by Crippen LogP contribution is -2.61. The molecule has 6 heteroatoms. The maximum Gasteiger partial charge on any atom is 0.303 e. The zero-order valence-electron chi connectivity index (χ0n) is 17.7. The lowest BCUT2D eigenvalue weighted by atomic mass is 10.1. The molecule has 1 aliphatic rings. The monoisotopic (exact) mass is 410 g/mol. The number of hydrogen-bond acceptors (Lipinski definition) is 5. The first-order chi connectivity index (χ1) is 14.5. The van der Waals surface area contributed by atoms with E-state index in [-0.39, 0.29) is 24.6 Å². The normalized spacial score (nSPS) is 19.5. The minimum absolute atomic E-state index is 0.00385. The Labute approximate surface area is 178 Å². The minimum atomic E-state index is -0.449. The molecular weight excluding hydrogens is 380 g/mol. The van der Waals surface area contributed by atoms with Crippen LogP contribution in [-0.4, -0.2) is 60.1 Å². The summed E-state index contributed by atoms with van der Waals surface area (Å²) in [7, 11) is 0. The molecule has 1 aliphatic heterocycles. The van der Waals surface area contributed by atoms with E-state index in [1.807, 2.05) is 60.4 Å². The first-order valence-electron chi connectivity index (χ1n) is 10.4. The van der Waals surface area contributed by atoms with E-state index in [1.54, 1.807) is 0 Å². The summed E-state index contributed by atoms with van der Waals surface area (Å²) in [6.07, 6.45) is 0. The molecule has 0 N–H and O–H groups in total. The van der Waals surface area contributed by atoms with Gasteiger partial charge in [-0.3, -0.25) is 14.5 Å². The van der Waals surface area contributed by atoms with Crippen molar-refractivity contribution in [2.45, 2.75) is 39.1 Å². The molecule has 1 heterocycles. The van der Waals surface area contributed by atoms with E-state index < -0.39 is 5.97 Å². The minimum Gasteiger partial charge on any atom is -0.456 e. The molecular formula is C24H30N2O4. The van der Waals surface area contributed by atoms with Gasteiger partial charge in [0.05, 0.1) is 19.3 Å². The molecule has 6 nitrogen and oxygen atoms in total. The Morgan fingerprint density at radius 3 is 2.23 bits per heavy atom. The highest BCUT2D eigenvalue weighted by Gasteiger charge is 2.35. The average molecular weight is 411 g/mol. The number of amides is 1. The molecule has 2 aromatic carbocycles. The van der Waals surface area contributed by atoms with Crippen LogP contribution >= 0.6 is 0 Å². The highest BCUT2D eigenvalue weighted by Crippen LogP contribution is 2.19. The average Bonchev–Trinajstić information content (AvgIpc) is 2.73. The van der Waals surface area contributed by atoms with Crippen molar-refractivity contribution in [2.75, 3.05) is 26.3 Å². The standard InChI is InChI=1S/C24H30N2O4/c1-19-13-25(14-21-9-5-3-6-10-21)15-23(26(19)24(28)18-30-20(2)27)17-29-16-22-11-7-4-8-12-22/h3-12,19,23H,13-18H2,1-2H3/t19-,23+/m0/s1. The van der Waals surface area contributed by atoms with Crippen LogP contribution in [0.25, 0.3) is 0 Å². The van der Waals surface area contributed by atoms with Crippen molar-refractivity contribution in [3.05, 3.63) is 71.8 Å². The number of esters is 1. The van der Waals surface area contributed by atoms with E-state index >= 15 is 0 Å². The second-order valence-electron chi connectivity index (χ2n) is 7.76. The van der Waals surface area contributed by atoms with E-state index in [0.29, 0.717) is 19.8 Å². The summed E-state index contributed by atoms with van der Waals surface area (Å²) < 4.78 is 10.9. The molecule has 0 radical (unpaired) electrons. The number of carbonyl (C=O) groups is 2. The third-order valence-corrected chi connectivity index (χ3v) is 5.22. The highest BCUT2D eigenvalue weighted by molar-refractivity contribution is 5.80. The van der Waals surface area contributed by atoms with Crippen LogP contribution in [-0.2, 0) is 32.2 Å². The van der Waals surface area contributed by atoms with Crippen LogP contribution in [0, 0.1) is 0 Å². The molecule has 1 amide bonds. The van der Waals surface area contributed by atoms with E-state index in [9.17, 15) is 9.59 Å². The zero-order chi connectivity index (χ0) is 21.3. The molecule has 2 aromatic rings. The lowest BCUT2D eigenvalue weighted by molar-refractivity contribution is -0.156. The predicted molar refractivity (Wildman–Crippen MR) is 115 cm³/mol. The van der Waals surface area contributed by atoms with E-state index in [2.05, 4.69) is 17.0 Å². The lowest BCUT2D eigenvalue weighted by Gasteiger charge is -2.45. The van der Waals surface area contributed by atoms with E-state index in [4.69, 9.17) is 9.47 Å². The molecule has 0 aliphatic carbocycles. The van der Waals surface area contributed by atoms with Crippen molar-refractivity contribution < 1.29 is 19.1 Å². The summed E-state index contributed by atoms with van der Waals surface area (Å²) in [5.74, 6) is -0.624. The number of hydrogen-bond donors (Lipinski definition) is 0. The summed E-state index contributed by atoms with van der Waals surface area (Å²) in [6, 6.07) is 20.2. The summed E-state index contributed by atoms with van der Waals surface area (Å²) >= 11 is 0. The fourth-order valence-electron chi connectivity index (χ4n) is 3.96. The molecule has 0 aromatic heterocycles. The number of ether oxygens (including phenoxy) is 2. The second-order valence-corrected chi connectivity index (χ2v) is 7.76. The van der Waals surface area contributed by atoms with Gasteiger partial charge < -0.3 is 14.4 Å². The van der Waals surface area contributed by atoms with Gasteiger partial charge in [-0.1, -0.05) is 60.7 Å². The quantitative estimate of drug-likeness (QED) is 0.627. The van der Waals surface area contributed by atoms with Crippen LogP contribution in [0.3, 0.4) is 0 Å². The molecule has 1 fully saturated rings. The van der Waals surface area contributed by atoms with Gasteiger partial charge in [0.2, 0.25) is 0 Å². The van der Waals surface area contributed by atoms with Gasteiger partial charge in [0, 0.05) is 32.6 Å². The summed E-state index contributed by atoms with van der Waals surface area (Å²) in [5.41, 5.74) is 2.34. The highest BCUT2D eigenvalue weighted by atomic mass is 16.5. The van der Waals surface area contributed by atoms with Crippen molar-refractivity contribution in [1.82, 2.24) is 9.80 Å². The Balaban J connectivity index is 1.66. The Morgan fingerprint density at radius 2 is 1.60 bits per heavy atom. The number of piperazine rings is 1. The molecule has 0 unspecified atom stereocenters. The van der Waals surface area contributed by atoms with Crippen molar-refractivity contribution in [3.8, 4) is 0 Å². The number of nitrogens with zero attached hydrogens (tertiary/aromatic N) is 2. The summed E-state index contributed by atoms with van der Waals surface area (Å²) in [6.45, 7) is 6.34. The van der Waals surface area contributed by atoms with Crippen LogP contribution in [0.5, 0.6) is 0 Å². The van der Waals surface area contributed by atoms with Gasteiger partial charge in [-0.2, -0.15) is 0 Å². The third kappa shape index (κ3) is 6.40.